The van der Waals surface area contributed by atoms with Gasteiger partial charge in [-0.1, -0.05) is 34.5 Å². The van der Waals surface area contributed by atoms with Gasteiger partial charge in [0.25, 0.3) is 0 Å². The van der Waals surface area contributed by atoms with Crippen LogP contribution < -0.4 is 5.32 Å². The minimum Gasteiger partial charge on any atom is -0.314 e. The van der Waals surface area contributed by atoms with E-state index in [-0.39, 0.29) is 24.3 Å². The number of nitrogens with zero attached hydrogens (tertiary/aromatic N) is 1. The fourth-order valence-corrected chi connectivity index (χ4v) is 3.56. The average molecular weight is 392 g/mol. The van der Waals surface area contributed by atoms with Gasteiger partial charge in [-0.15, -0.1) is 19.0 Å². The molecule has 1 aromatic carbocycles. The van der Waals surface area contributed by atoms with Gasteiger partial charge in [0.05, 0.1) is 0 Å². The molecule has 1 heterocycles. The fourth-order valence-electron chi connectivity index (χ4n) is 2.96. The molecule has 0 aromatic heterocycles. The zero-order valence-corrected chi connectivity index (χ0v) is 15.3. The van der Waals surface area contributed by atoms with E-state index in [9.17, 15) is 4.39 Å². The number of allylic oxidation sites excluding steroid dienone is 1. The lowest BCUT2D eigenvalue weighted by Gasteiger charge is -2.36. The van der Waals surface area contributed by atoms with Gasteiger partial charge in [0.15, 0.2) is 0 Å². The van der Waals surface area contributed by atoms with Crippen LogP contribution in [0.4, 0.5) is 4.39 Å². The third kappa shape index (κ3) is 5.34. The standard InChI is InChI=1S/C17H24BrFN2.ClH/c1-2-3-4-5-9-16(21-12-10-20-11-13-21)17-14(18)7-6-8-15(17)19;/h2,6-8,16,20H,1,3-5,9-13H2;1H/t16-;/m1./s1. The van der Waals surface area contributed by atoms with Crippen molar-refractivity contribution in [2.24, 2.45) is 0 Å². The van der Waals surface area contributed by atoms with Gasteiger partial charge in [0.2, 0.25) is 0 Å². The van der Waals surface area contributed by atoms with Crippen molar-refractivity contribution in [1.29, 1.82) is 0 Å². The Morgan fingerprint density at radius 3 is 2.68 bits per heavy atom. The van der Waals surface area contributed by atoms with Crippen LogP contribution in [0.1, 0.15) is 37.3 Å². The average Bonchev–Trinajstić information content (AvgIpc) is 2.50. The minimum atomic E-state index is -0.100. The molecule has 1 N–H and O–H groups in total. The summed E-state index contributed by atoms with van der Waals surface area (Å²) in [6, 6.07) is 5.43. The summed E-state index contributed by atoms with van der Waals surface area (Å²) in [5.41, 5.74) is 0.818. The molecule has 0 saturated carbocycles. The second-order valence-corrected chi connectivity index (χ2v) is 6.36. The molecule has 2 rings (SSSR count). The van der Waals surface area contributed by atoms with Crippen molar-refractivity contribution < 1.29 is 4.39 Å². The highest BCUT2D eigenvalue weighted by molar-refractivity contribution is 9.10. The van der Waals surface area contributed by atoms with Crippen molar-refractivity contribution in [3.05, 3.63) is 46.7 Å². The highest BCUT2D eigenvalue weighted by Gasteiger charge is 2.25. The zero-order valence-electron chi connectivity index (χ0n) is 12.9. The molecular weight excluding hydrogens is 367 g/mol. The molecule has 0 unspecified atom stereocenters. The summed E-state index contributed by atoms with van der Waals surface area (Å²) in [6.07, 6.45) is 6.21. The molecule has 1 atom stereocenters. The molecule has 1 aliphatic rings. The summed E-state index contributed by atoms with van der Waals surface area (Å²) >= 11 is 3.54. The Morgan fingerprint density at radius 2 is 2.05 bits per heavy atom. The predicted octanol–water partition coefficient (Wildman–Crippen LogP) is 4.70. The van der Waals surface area contributed by atoms with E-state index >= 15 is 0 Å². The summed E-state index contributed by atoms with van der Waals surface area (Å²) < 4.78 is 15.2. The molecular formula is C17H25BrClFN2. The molecule has 1 saturated heterocycles. The van der Waals surface area contributed by atoms with Gasteiger partial charge in [0.1, 0.15) is 5.82 Å². The van der Waals surface area contributed by atoms with Crippen LogP contribution in [-0.4, -0.2) is 31.1 Å². The highest BCUT2D eigenvalue weighted by Crippen LogP contribution is 2.34. The van der Waals surface area contributed by atoms with Crippen LogP contribution in [0.25, 0.3) is 0 Å². The predicted molar refractivity (Wildman–Crippen MR) is 97.2 cm³/mol. The molecule has 5 heteroatoms. The number of piperazine rings is 1. The smallest absolute Gasteiger partial charge is 0.129 e. The maximum atomic E-state index is 14.3. The molecule has 0 spiro atoms. The van der Waals surface area contributed by atoms with E-state index in [1.165, 1.54) is 0 Å². The first kappa shape index (κ1) is 19.6. The largest absolute Gasteiger partial charge is 0.314 e. The molecule has 0 bridgehead atoms. The summed E-state index contributed by atoms with van der Waals surface area (Å²) in [5, 5.41) is 3.37. The Bertz CT molecular complexity index is 444. The minimum absolute atomic E-state index is 0. The number of benzene rings is 1. The van der Waals surface area contributed by atoms with Crippen LogP contribution in [0.5, 0.6) is 0 Å². The quantitative estimate of drug-likeness (QED) is 0.535. The van der Waals surface area contributed by atoms with Crippen molar-refractivity contribution in [1.82, 2.24) is 10.2 Å². The maximum Gasteiger partial charge on any atom is 0.129 e. The molecule has 2 nitrogen and oxygen atoms in total. The van der Waals surface area contributed by atoms with Crippen LogP contribution in [-0.2, 0) is 0 Å². The molecule has 1 aliphatic heterocycles. The first-order valence-electron chi connectivity index (χ1n) is 7.73. The first-order chi connectivity index (χ1) is 10.2. The van der Waals surface area contributed by atoms with Crippen molar-refractivity contribution in [2.75, 3.05) is 26.2 Å². The topological polar surface area (TPSA) is 15.3 Å². The normalized spacial score (nSPS) is 16.8. The fraction of sp³-hybridized carbons (Fsp3) is 0.529. The molecule has 0 radical (unpaired) electrons. The Labute approximate surface area is 147 Å². The van der Waals surface area contributed by atoms with Gasteiger partial charge in [0, 0.05) is 42.3 Å². The van der Waals surface area contributed by atoms with Crippen molar-refractivity contribution in [3.63, 3.8) is 0 Å². The van der Waals surface area contributed by atoms with E-state index in [1.807, 2.05) is 12.1 Å². The third-order valence-electron chi connectivity index (χ3n) is 4.06. The SMILES string of the molecule is C=CCCCC[C@H](c1c(F)cccc1Br)N1CCNCC1.Cl. The van der Waals surface area contributed by atoms with Crippen LogP contribution >= 0.6 is 28.3 Å². The van der Waals surface area contributed by atoms with Gasteiger partial charge in [-0.05, 0) is 31.4 Å². The summed E-state index contributed by atoms with van der Waals surface area (Å²) in [5.74, 6) is -0.100. The highest BCUT2D eigenvalue weighted by atomic mass is 79.9. The second-order valence-electron chi connectivity index (χ2n) is 5.51. The van der Waals surface area contributed by atoms with Crippen LogP contribution in [0, 0.1) is 5.82 Å². The molecule has 22 heavy (non-hydrogen) atoms. The first-order valence-corrected chi connectivity index (χ1v) is 8.53. The number of rotatable bonds is 7. The van der Waals surface area contributed by atoms with E-state index in [0.29, 0.717) is 0 Å². The van der Waals surface area contributed by atoms with Crippen LogP contribution in [0.3, 0.4) is 0 Å². The van der Waals surface area contributed by atoms with Crippen molar-refractivity contribution in [2.45, 2.75) is 31.7 Å². The molecule has 0 amide bonds. The summed E-state index contributed by atoms with van der Waals surface area (Å²) in [7, 11) is 0. The number of halogens is 3. The zero-order chi connectivity index (χ0) is 15.1. The van der Waals surface area contributed by atoms with Crippen LogP contribution in [0.15, 0.2) is 35.3 Å². The van der Waals surface area contributed by atoms with E-state index in [1.54, 1.807) is 12.1 Å². The molecule has 1 aromatic rings. The number of unbranched alkanes of at least 4 members (excludes halogenated alkanes) is 2. The van der Waals surface area contributed by atoms with E-state index < -0.39 is 0 Å². The summed E-state index contributed by atoms with van der Waals surface area (Å²) in [6.45, 7) is 7.69. The monoisotopic (exact) mass is 390 g/mol. The third-order valence-corrected chi connectivity index (χ3v) is 4.75. The van der Waals surface area contributed by atoms with Gasteiger partial charge >= 0.3 is 0 Å². The van der Waals surface area contributed by atoms with E-state index in [4.69, 9.17) is 0 Å². The Hall–Kier alpha value is -0.420. The molecule has 124 valence electrons. The summed E-state index contributed by atoms with van der Waals surface area (Å²) in [4.78, 5) is 2.41. The Balaban J connectivity index is 0.00000242. The number of nitrogens with one attached hydrogen (secondary N) is 1. The van der Waals surface area contributed by atoms with E-state index in [2.05, 4.69) is 32.7 Å². The number of hydrogen-bond donors (Lipinski definition) is 1. The van der Waals surface area contributed by atoms with Crippen molar-refractivity contribution >= 4 is 28.3 Å². The molecule has 1 fully saturated rings. The van der Waals surface area contributed by atoms with Crippen LogP contribution in [0.2, 0.25) is 0 Å². The Kier molecular flexibility index (Phi) is 9.25. The lowest BCUT2D eigenvalue weighted by atomic mass is 9.97. The molecule has 0 aliphatic carbocycles. The van der Waals surface area contributed by atoms with E-state index in [0.717, 1.165) is 61.9 Å². The maximum absolute atomic E-state index is 14.3. The van der Waals surface area contributed by atoms with Gasteiger partial charge < -0.3 is 5.32 Å². The van der Waals surface area contributed by atoms with Crippen molar-refractivity contribution in [3.8, 4) is 0 Å². The Morgan fingerprint density at radius 1 is 1.32 bits per heavy atom. The van der Waals surface area contributed by atoms with Gasteiger partial charge in [-0.25, -0.2) is 4.39 Å². The lowest BCUT2D eigenvalue weighted by molar-refractivity contribution is 0.159. The lowest BCUT2D eigenvalue weighted by Crippen LogP contribution is -2.45. The van der Waals surface area contributed by atoms with Gasteiger partial charge in [-0.3, -0.25) is 4.90 Å². The second kappa shape index (κ2) is 10.4. The van der Waals surface area contributed by atoms with Gasteiger partial charge in [-0.2, -0.15) is 0 Å². The number of hydrogen-bond acceptors (Lipinski definition) is 2.